The van der Waals surface area contributed by atoms with E-state index in [0.717, 1.165) is 5.56 Å². The van der Waals surface area contributed by atoms with Gasteiger partial charge in [0.2, 0.25) is 10.0 Å². The molecule has 2 aromatic carbocycles. The molecule has 29 heavy (non-hydrogen) atoms. The number of nitrogens with zero attached hydrogens (tertiary/aromatic N) is 2. The van der Waals surface area contributed by atoms with E-state index in [-0.39, 0.29) is 16.6 Å². The summed E-state index contributed by atoms with van der Waals surface area (Å²) < 4.78 is 32.7. The standard InChI is InChI=1S/C20H25N3O5S/c1-3-28-19-7-9-20(10-8-19)29(26,27)22-13-11-21(12-14-22)16(2)17-5-4-6-18(15-17)23(24)25/h4-10,15-16H,3,11-14H2,1-2H3/p+1/t16-/m0/s1. The SMILES string of the molecule is CCOc1ccc(S(=O)(=O)N2CC[NH+]([C@@H](C)c3cccc([N+](=O)[O-])c3)CC2)cc1. The summed E-state index contributed by atoms with van der Waals surface area (Å²) in [6, 6.07) is 13.2. The summed E-state index contributed by atoms with van der Waals surface area (Å²) in [6.45, 7) is 6.51. The molecule has 0 saturated carbocycles. The lowest BCUT2D eigenvalue weighted by atomic mass is 10.1. The van der Waals surface area contributed by atoms with Crippen molar-refractivity contribution in [3.8, 4) is 5.75 Å². The molecular formula is C20H26N3O5S+. The number of non-ortho nitro benzene ring substituents is 1. The third-order valence-electron chi connectivity index (χ3n) is 5.33. The van der Waals surface area contributed by atoms with Crippen molar-refractivity contribution in [2.75, 3.05) is 32.8 Å². The summed E-state index contributed by atoms with van der Waals surface area (Å²) >= 11 is 0. The number of sulfonamides is 1. The van der Waals surface area contributed by atoms with Crippen molar-refractivity contribution in [3.05, 3.63) is 64.2 Å². The smallest absolute Gasteiger partial charge is 0.269 e. The molecule has 1 aliphatic rings. The Morgan fingerprint density at radius 3 is 2.41 bits per heavy atom. The maximum atomic E-state index is 12.9. The minimum Gasteiger partial charge on any atom is -0.494 e. The summed E-state index contributed by atoms with van der Waals surface area (Å²) in [5.74, 6) is 0.645. The largest absolute Gasteiger partial charge is 0.494 e. The zero-order chi connectivity index (χ0) is 21.0. The van der Waals surface area contributed by atoms with Gasteiger partial charge in [0, 0.05) is 17.7 Å². The number of benzene rings is 2. The van der Waals surface area contributed by atoms with E-state index in [1.54, 1.807) is 36.4 Å². The van der Waals surface area contributed by atoms with Gasteiger partial charge in [-0.15, -0.1) is 0 Å². The highest BCUT2D eigenvalue weighted by atomic mass is 32.2. The van der Waals surface area contributed by atoms with Gasteiger partial charge in [-0.3, -0.25) is 10.1 Å². The molecule has 1 atom stereocenters. The first-order chi connectivity index (χ1) is 13.8. The summed E-state index contributed by atoms with van der Waals surface area (Å²) in [5.41, 5.74) is 0.961. The Kier molecular flexibility index (Phi) is 6.51. The summed E-state index contributed by atoms with van der Waals surface area (Å²) in [4.78, 5) is 12.1. The fourth-order valence-corrected chi connectivity index (χ4v) is 5.06. The zero-order valence-corrected chi connectivity index (χ0v) is 17.4. The number of ether oxygens (including phenoxy) is 1. The predicted octanol–water partition coefficient (Wildman–Crippen LogP) is 1.64. The Bertz CT molecular complexity index is 954. The topological polar surface area (TPSA) is 94.2 Å². The molecule has 3 rings (SSSR count). The molecule has 0 bridgehead atoms. The van der Waals surface area contributed by atoms with Gasteiger partial charge >= 0.3 is 0 Å². The maximum absolute atomic E-state index is 12.9. The van der Waals surface area contributed by atoms with Crippen LogP contribution in [-0.4, -0.2) is 50.4 Å². The molecule has 0 spiro atoms. The lowest BCUT2D eigenvalue weighted by Crippen LogP contribution is -3.14. The van der Waals surface area contributed by atoms with Gasteiger partial charge in [0.1, 0.15) is 11.8 Å². The second kappa shape index (κ2) is 8.89. The highest BCUT2D eigenvalue weighted by molar-refractivity contribution is 7.89. The van der Waals surface area contributed by atoms with Gasteiger partial charge in [0.05, 0.1) is 42.6 Å². The van der Waals surface area contributed by atoms with Crippen LogP contribution in [0, 0.1) is 10.1 Å². The average molecular weight is 421 g/mol. The number of nitro benzene ring substituents is 1. The molecule has 1 heterocycles. The number of nitro groups is 1. The van der Waals surface area contributed by atoms with Gasteiger partial charge in [0.25, 0.3) is 5.69 Å². The number of nitrogens with one attached hydrogen (secondary N) is 1. The first kappa shape index (κ1) is 21.2. The number of quaternary nitrogens is 1. The van der Waals surface area contributed by atoms with Crippen molar-refractivity contribution in [3.63, 3.8) is 0 Å². The monoisotopic (exact) mass is 420 g/mol. The van der Waals surface area contributed by atoms with Crippen LogP contribution in [0.5, 0.6) is 5.75 Å². The predicted molar refractivity (Wildman–Crippen MR) is 109 cm³/mol. The van der Waals surface area contributed by atoms with Crippen LogP contribution >= 0.6 is 0 Å². The van der Waals surface area contributed by atoms with Crippen molar-refractivity contribution >= 4 is 15.7 Å². The molecule has 2 aromatic rings. The van der Waals surface area contributed by atoms with Gasteiger partial charge in [0.15, 0.2) is 0 Å². The van der Waals surface area contributed by atoms with Crippen LogP contribution in [0.15, 0.2) is 53.4 Å². The number of piperazine rings is 1. The van der Waals surface area contributed by atoms with Crippen LogP contribution in [0.25, 0.3) is 0 Å². The third kappa shape index (κ3) is 4.75. The summed E-state index contributed by atoms with van der Waals surface area (Å²) in [7, 11) is -3.55. The molecule has 0 radical (unpaired) electrons. The molecule has 156 valence electrons. The molecular weight excluding hydrogens is 394 g/mol. The van der Waals surface area contributed by atoms with E-state index in [9.17, 15) is 18.5 Å². The Morgan fingerprint density at radius 1 is 1.17 bits per heavy atom. The van der Waals surface area contributed by atoms with E-state index in [4.69, 9.17) is 4.74 Å². The van der Waals surface area contributed by atoms with Crippen LogP contribution in [-0.2, 0) is 10.0 Å². The number of rotatable bonds is 7. The van der Waals surface area contributed by atoms with E-state index in [1.807, 2.05) is 19.9 Å². The summed E-state index contributed by atoms with van der Waals surface area (Å²) in [5, 5.41) is 11.0. The van der Waals surface area contributed by atoms with Crippen molar-refractivity contribution in [1.29, 1.82) is 0 Å². The Morgan fingerprint density at radius 2 is 1.83 bits per heavy atom. The molecule has 8 nitrogen and oxygen atoms in total. The molecule has 1 saturated heterocycles. The van der Waals surface area contributed by atoms with Crippen molar-refractivity contribution in [2.24, 2.45) is 0 Å². The van der Waals surface area contributed by atoms with Crippen molar-refractivity contribution in [2.45, 2.75) is 24.8 Å². The van der Waals surface area contributed by atoms with Crippen LogP contribution < -0.4 is 9.64 Å². The minimum atomic E-state index is -3.55. The fourth-order valence-electron chi connectivity index (χ4n) is 3.61. The lowest BCUT2D eigenvalue weighted by Gasteiger charge is -2.34. The minimum absolute atomic E-state index is 0.0465. The molecule has 0 aliphatic carbocycles. The Balaban J connectivity index is 1.66. The molecule has 0 unspecified atom stereocenters. The number of hydrogen-bond donors (Lipinski definition) is 1. The van der Waals surface area contributed by atoms with Crippen LogP contribution in [0.2, 0.25) is 0 Å². The second-order valence-electron chi connectivity index (χ2n) is 7.04. The van der Waals surface area contributed by atoms with Crippen LogP contribution in [0.1, 0.15) is 25.5 Å². The first-order valence-electron chi connectivity index (χ1n) is 9.65. The van der Waals surface area contributed by atoms with E-state index in [0.29, 0.717) is 38.5 Å². The normalized spacial score (nSPS) is 17.0. The molecule has 0 amide bonds. The molecule has 9 heteroatoms. The van der Waals surface area contributed by atoms with E-state index < -0.39 is 14.9 Å². The van der Waals surface area contributed by atoms with Gasteiger partial charge in [-0.25, -0.2) is 8.42 Å². The van der Waals surface area contributed by atoms with E-state index >= 15 is 0 Å². The highest BCUT2D eigenvalue weighted by Crippen LogP contribution is 2.21. The summed E-state index contributed by atoms with van der Waals surface area (Å²) in [6.07, 6.45) is 0. The Hall–Kier alpha value is -2.49. The maximum Gasteiger partial charge on any atom is 0.269 e. The van der Waals surface area contributed by atoms with Crippen LogP contribution in [0.4, 0.5) is 5.69 Å². The average Bonchev–Trinajstić information content (AvgIpc) is 2.74. The second-order valence-corrected chi connectivity index (χ2v) is 8.98. The molecule has 0 aromatic heterocycles. The zero-order valence-electron chi connectivity index (χ0n) is 16.6. The lowest BCUT2D eigenvalue weighted by molar-refractivity contribution is -0.933. The number of hydrogen-bond acceptors (Lipinski definition) is 5. The third-order valence-corrected chi connectivity index (χ3v) is 7.24. The van der Waals surface area contributed by atoms with Crippen LogP contribution in [0.3, 0.4) is 0 Å². The van der Waals surface area contributed by atoms with Crippen molar-refractivity contribution in [1.82, 2.24) is 4.31 Å². The fraction of sp³-hybridized carbons (Fsp3) is 0.400. The van der Waals surface area contributed by atoms with E-state index in [1.165, 1.54) is 15.3 Å². The van der Waals surface area contributed by atoms with Crippen molar-refractivity contribution < 1.29 is 23.0 Å². The van der Waals surface area contributed by atoms with Gasteiger partial charge in [-0.05, 0) is 38.1 Å². The quantitative estimate of drug-likeness (QED) is 0.543. The van der Waals surface area contributed by atoms with Gasteiger partial charge in [-0.2, -0.15) is 4.31 Å². The first-order valence-corrected chi connectivity index (χ1v) is 11.1. The van der Waals surface area contributed by atoms with Gasteiger partial charge in [-0.1, -0.05) is 12.1 Å². The Labute approximate surface area is 170 Å². The molecule has 1 N–H and O–H groups in total. The highest BCUT2D eigenvalue weighted by Gasteiger charge is 2.33. The molecule has 1 fully saturated rings. The molecule has 1 aliphatic heterocycles. The van der Waals surface area contributed by atoms with E-state index in [2.05, 4.69) is 0 Å². The van der Waals surface area contributed by atoms with Gasteiger partial charge < -0.3 is 9.64 Å².